The number of aromatic nitrogens is 1. The van der Waals surface area contributed by atoms with Crippen molar-refractivity contribution in [3.8, 4) is 0 Å². The van der Waals surface area contributed by atoms with E-state index in [1.54, 1.807) is 16.8 Å². The zero-order valence-electron chi connectivity index (χ0n) is 13.7. The number of pyridine rings is 1. The van der Waals surface area contributed by atoms with Gasteiger partial charge in [-0.2, -0.15) is 4.57 Å². The average Bonchev–Trinajstić information content (AvgIpc) is 2.60. The molecule has 0 spiro atoms. The molecule has 0 bridgehead atoms. The van der Waals surface area contributed by atoms with Gasteiger partial charge >= 0.3 is 0 Å². The highest BCUT2D eigenvalue weighted by Gasteiger charge is 2.33. The second kappa shape index (κ2) is 8.25. The number of carbonyl (C=O) groups is 1. The van der Waals surface area contributed by atoms with E-state index >= 15 is 0 Å². The summed E-state index contributed by atoms with van der Waals surface area (Å²) in [5.41, 5.74) is 1.27. The minimum atomic E-state index is -0.740. The number of nitrogens with one attached hydrogen (secondary N) is 1. The minimum Gasteiger partial charge on any atom is -0.370 e. The molecule has 2 rings (SSSR count). The molecule has 2 aromatic rings. The maximum Gasteiger partial charge on any atom is 0.270 e. The van der Waals surface area contributed by atoms with Crippen molar-refractivity contribution in [2.24, 2.45) is 0 Å². The van der Waals surface area contributed by atoms with E-state index in [-0.39, 0.29) is 11.5 Å². The summed E-state index contributed by atoms with van der Waals surface area (Å²) in [5.74, 6) is -0.243. The first kappa shape index (κ1) is 18.4. The van der Waals surface area contributed by atoms with Crippen molar-refractivity contribution in [2.45, 2.75) is 13.0 Å². The number of rotatable bonds is 7. The molecule has 1 atom stereocenters. The van der Waals surface area contributed by atoms with E-state index in [0.29, 0.717) is 17.1 Å². The van der Waals surface area contributed by atoms with Gasteiger partial charge in [0.05, 0.1) is 4.92 Å². The third kappa shape index (κ3) is 4.54. The van der Waals surface area contributed by atoms with Crippen LogP contribution in [0.2, 0.25) is 0 Å². The zero-order valence-corrected chi connectivity index (χ0v) is 14.5. The molecule has 1 heterocycles. The van der Waals surface area contributed by atoms with Crippen molar-refractivity contribution in [3.05, 3.63) is 82.7 Å². The van der Waals surface area contributed by atoms with Crippen LogP contribution < -0.4 is 9.88 Å². The summed E-state index contributed by atoms with van der Waals surface area (Å²) in [6.07, 6.45) is 5.25. The highest BCUT2D eigenvalue weighted by atomic mass is 32.1. The number of non-ortho nitro benzene ring substituents is 1. The highest BCUT2D eigenvalue weighted by Crippen LogP contribution is 2.16. The Labute approximate surface area is 151 Å². The number of ketones is 1. The van der Waals surface area contributed by atoms with Crippen molar-refractivity contribution in [1.29, 1.82) is 0 Å². The van der Waals surface area contributed by atoms with E-state index in [0.717, 1.165) is 5.56 Å². The van der Waals surface area contributed by atoms with Gasteiger partial charge in [0.2, 0.25) is 5.78 Å². The summed E-state index contributed by atoms with van der Waals surface area (Å²) < 4.78 is 1.73. The molecule has 0 aliphatic rings. The SMILES string of the molecule is C=CCNC(=S)[C@@H](C(=O)c1ccc([N+](=O)[O-])cc1)[n+]1cccc(C)c1. The van der Waals surface area contributed by atoms with Gasteiger partial charge < -0.3 is 5.32 Å². The van der Waals surface area contributed by atoms with E-state index in [9.17, 15) is 14.9 Å². The molecule has 0 fully saturated rings. The number of nitro benzene ring substituents is 1. The molecule has 0 saturated carbocycles. The molecule has 0 unspecified atom stereocenters. The van der Waals surface area contributed by atoms with Crippen LogP contribution in [0, 0.1) is 17.0 Å². The Hall–Kier alpha value is -2.93. The first-order chi connectivity index (χ1) is 11.9. The number of nitro groups is 1. The van der Waals surface area contributed by atoms with Gasteiger partial charge in [-0.1, -0.05) is 18.3 Å². The quantitative estimate of drug-likeness (QED) is 0.206. The van der Waals surface area contributed by atoms with Gasteiger partial charge in [0.1, 0.15) is 0 Å². The number of hydrogen-bond acceptors (Lipinski definition) is 4. The average molecular weight is 356 g/mol. The summed E-state index contributed by atoms with van der Waals surface area (Å²) in [4.78, 5) is 23.6. The number of benzene rings is 1. The van der Waals surface area contributed by atoms with Crippen molar-refractivity contribution in [2.75, 3.05) is 6.54 Å². The fourth-order valence-corrected chi connectivity index (χ4v) is 2.65. The molecule has 0 aliphatic heterocycles. The standard InChI is InChI=1S/C18H17N3O3S/c1-3-10-19-18(25)16(20-11-4-5-13(2)12-20)17(22)14-6-8-15(9-7-14)21(23)24/h3-9,11-12,16H,1,10H2,2H3/p+1/t16-/m1/s1. The third-order valence-corrected chi connectivity index (χ3v) is 3.92. The lowest BCUT2D eigenvalue weighted by Crippen LogP contribution is -2.51. The van der Waals surface area contributed by atoms with E-state index in [1.807, 2.05) is 25.3 Å². The fourth-order valence-electron chi connectivity index (χ4n) is 2.34. The normalized spacial score (nSPS) is 11.4. The Balaban J connectivity index is 2.39. The molecule has 6 nitrogen and oxygen atoms in total. The molecule has 0 radical (unpaired) electrons. The minimum absolute atomic E-state index is 0.0660. The van der Waals surface area contributed by atoms with Crippen LogP contribution >= 0.6 is 12.2 Å². The van der Waals surface area contributed by atoms with Gasteiger partial charge in [-0.3, -0.25) is 14.9 Å². The molecule has 7 heteroatoms. The van der Waals surface area contributed by atoms with Crippen LogP contribution in [0.25, 0.3) is 0 Å². The van der Waals surface area contributed by atoms with Gasteiger partial charge in [-0.25, -0.2) is 0 Å². The van der Waals surface area contributed by atoms with Crippen LogP contribution in [0.3, 0.4) is 0 Å². The number of nitrogens with zero attached hydrogens (tertiary/aromatic N) is 2. The first-order valence-corrected chi connectivity index (χ1v) is 7.99. The van der Waals surface area contributed by atoms with Crippen LogP contribution in [0.5, 0.6) is 0 Å². The Morgan fingerprint density at radius 1 is 1.40 bits per heavy atom. The largest absolute Gasteiger partial charge is 0.370 e. The molecular weight excluding hydrogens is 338 g/mol. The maximum atomic E-state index is 13.0. The van der Waals surface area contributed by atoms with E-state index < -0.39 is 11.0 Å². The fraction of sp³-hybridized carbons (Fsp3) is 0.167. The van der Waals surface area contributed by atoms with Crippen LogP contribution in [0.4, 0.5) is 5.69 Å². The molecular formula is C18H18N3O3S+. The second-order valence-corrected chi connectivity index (χ2v) is 5.87. The second-order valence-electron chi connectivity index (χ2n) is 5.43. The van der Waals surface area contributed by atoms with Crippen molar-refractivity contribution >= 4 is 28.7 Å². The van der Waals surface area contributed by atoms with Crippen LogP contribution in [0.15, 0.2) is 61.4 Å². The molecule has 128 valence electrons. The summed E-state index contributed by atoms with van der Waals surface area (Å²) in [6.45, 7) is 5.99. The van der Waals surface area contributed by atoms with Gasteiger partial charge in [-0.05, 0) is 25.1 Å². The van der Waals surface area contributed by atoms with Gasteiger partial charge in [0.25, 0.3) is 11.7 Å². The molecule has 0 saturated heterocycles. The van der Waals surface area contributed by atoms with Gasteiger partial charge in [0.15, 0.2) is 17.4 Å². The summed E-state index contributed by atoms with van der Waals surface area (Å²) in [6, 6.07) is 8.53. The lowest BCUT2D eigenvalue weighted by molar-refractivity contribution is -0.692. The first-order valence-electron chi connectivity index (χ1n) is 7.58. The van der Waals surface area contributed by atoms with Gasteiger partial charge in [-0.15, -0.1) is 6.58 Å². The number of carbonyl (C=O) groups excluding carboxylic acids is 1. The van der Waals surface area contributed by atoms with Crippen LogP contribution in [-0.4, -0.2) is 22.2 Å². The lowest BCUT2D eigenvalue weighted by atomic mass is 10.0. The Morgan fingerprint density at radius 2 is 2.08 bits per heavy atom. The number of thiocarbonyl (C=S) groups is 1. The number of Topliss-reactive ketones (excluding diaryl/α,β-unsaturated/α-hetero) is 1. The molecule has 1 aromatic carbocycles. The number of hydrogen-bond donors (Lipinski definition) is 1. The van der Waals surface area contributed by atoms with E-state index in [2.05, 4.69) is 11.9 Å². The molecule has 25 heavy (non-hydrogen) atoms. The monoisotopic (exact) mass is 356 g/mol. The predicted molar refractivity (Wildman–Crippen MR) is 98.6 cm³/mol. The maximum absolute atomic E-state index is 13.0. The molecule has 1 N–H and O–H groups in total. The molecule has 0 amide bonds. The lowest BCUT2D eigenvalue weighted by Gasteiger charge is -2.14. The van der Waals surface area contributed by atoms with Crippen LogP contribution in [-0.2, 0) is 0 Å². The number of aryl methyl sites for hydroxylation is 1. The van der Waals surface area contributed by atoms with Crippen LogP contribution in [0.1, 0.15) is 22.0 Å². The van der Waals surface area contributed by atoms with E-state index in [4.69, 9.17) is 12.2 Å². The van der Waals surface area contributed by atoms with Gasteiger partial charge in [0, 0.05) is 35.9 Å². The summed E-state index contributed by atoms with van der Waals surface area (Å²) in [5, 5.41) is 13.8. The topological polar surface area (TPSA) is 76.1 Å². The molecule has 0 aliphatic carbocycles. The van der Waals surface area contributed by atoms with Crippen molar-refractivity contribution in [3.63, 3.8) is 0 Å². The zero-order chi connectivity index (χ0) is 18.4. The van der Waals surface area contributed by atoms with Crippen molar-refractivity contribution < 1.29 is 14.3 Å². The summed E-state index contributed by atoms with van der Waals surface area (Å²) in [7, 11) is 0. The van der Waals surface area contributed by atoms with Crippen molar-refractivity contribution in [1.82, 2.24) is 5.32 Å². The Bertz CT molecular complexity index is 819. The third-order valence-electron chi connectivity index (χ3n) is 3.55. The Morgan fingerprint density at radius 3 is 2.64 bits per heavy atom. The smallest absolute Gasteiger partial charge is 0.270 e. The Kier molecular flexibility index (Phi) is 6.08. The van der Waals surface area contributed by atoms with E-state index in [1.165, 1.54) is 24.3 Å². The summed E-state index contributed by atoms with van der Waals surface area (Å²) >= 11 is 5.40. The predicted octanol–water partition coefficient (Wildman–Crippen LogP) is 2.72. The highest BCUT2D eigenvalue weighted by molar-refractivity contribution is 7.80. The molecule has 1 aromatic heterocycles.